The van der Waals surface area contributed by atoms with Gasteiger partial charge in [-0.2, -0.15) is 13.2 Å². The van der Waals surface area contributed by atoms with Crippen molar-refractivity contribution in [1.29, 1.82) is 0 Å². The Morgan fingerprint density at radius 3 is 2.62 bits per heavy atom. The first-order valence-electron chi connectivity index (χ1n) is 10.4. The van der Waals surface area contributed by atoms with Crippen molar-refractivity contribution < 1.29 is 27.5 Å². The van der Waals surface area contributed by atoms with Crippen LogP contribution >= 0.6 is 0 Å². The lowest BCUT2D eigenvalue weighted by molar-refractivity contribution is -0.137. The number of benzene rings is 1. The van der Waals surface area contributed by atoms with Gasteiger partial charge in [0.25, 0.3) is 5.91 Å². The summed E-state index contributed by atoms with van der Waals surface area (Å²) in [6.07, 6.45) is -3.65. The Balaban J connectivity index is 1.41. The lowest BCUT2D eigenvalue weighted by Gasteiger charge is -2.33. The van der Waals surface area contributed by atoms with Crippen molar-refractivity contribution >= 4 is 23.3 Å². The second kappa shape index (κ2) is 8.68. The molecule has 1 atom stereocenters. The van der Waals surface area contributed by atoms with Crippen LogP contribution in [0.25, 0.3) is 0 Å². The Kier molecular flexibility index (Phi) is 5.94. The molecule has 0 radical (unpaired) electrons. The van der Waals surface area contributed by atoms with Crippen LogP contribution < -0.4 is 14.5 Å². The molecule has 7 nitrogen and oxygen atoms in total. The predicted octanol–water partition coefficient (Wildman–Crippen LogP) is 2.95. The summed E-state index contributed by atoms with van der Waals surface area (Å²) >= 11 is 0. The van der Waals surface area contributed by atoms with Crippen LogP contribution in [0.2, 0.25) is 0 Å². The van der Waals surface area contributed by atoms with Crippen LogP contribution in [0.5, 0.6) is 5.75 Å². The number of para-hydroxylation sites is 2. The number of pyridine rings is 1. The predicted molar refractivity (Wildman–Crippen MR) is 112 cm³/mol. The Morgan fingerprint density at radius 1 is 1.12 bits per heavy atom. The molecular formula is C22H23F3N4O3. The Hall–Kier alpha value is -3.30. The minimum Gasteiger partial charge on any atom is -0.479 e. The van der Waals surface area contributed by atoms with E-state index in [2.05, 4.69) is 4.98 Å². The van der Waals surface area contributed by atoms with Gasteiger partial charge in [0.05, 0.1) is 11.3 Å². The van der Waals surface area contributed by atoms with Gasteiger partial charge in [0.2, 0.25) is 5.91 Å². The van der Waals surface area contributed by atoms with Crippen LogP contribution in [0.1, 0.15) is 18.9 Å². The fraction of sp³-hybridized carbons (Fsp3) is 0.409. The zero-order valence-corrected chi connectivity index (χ0v) is 17.5. The van der Waals surface area contributed by atoms with Gasteiger partial charge in [-0.05, 0) is 37.6 Å². The third-order valence-electron chi connectivity index (χ3n) is 5.61. The van der Waals surface area contributed by atoms with Gasteiger partial charge >= 0.3 is 6.18 Å². The minimum absolute atomic E-state index is 0.0952. The molecule has 170 valence electrons. The molecule has 3 heterocycles. The number of ether oxygens (including phenoxy) is 1. The quantitative estimate of drug-likeness (QED) is 0.723. The van der Waals surface area contributed by atoms with Gasteiger partial charge in [0, 0.05) is 32.4 Å². The Morgan fingerprint density at radius 2 is 1.91 bits per heavy atom. The van der Waals surface area contributed by atoms with Crippen LogP contribution in [-0.2, 0) is 15.8 Å². The molecule has 4 rings (SSSR count). The van der Waals surface area contributed by atoms with Crippen molar-refractivity contribution in [3.05, 3.63) is 48.2 Å². The van der Waals surface area contributed by atoms with Crippen molar-refractivity contribution in [2.45, 2.75) is 25.6 Å². The van der Waals surface area contributed by atoms with Crippen LogP contribution in [0, 0.1) is 0 Å². The van der Waals surface area contributed by atoms with Crippen LogP contribution in [0.4, 0.5) is 24.7 Å². The van der Waals surface area contributed by atoms with Crippen molar-refractivity contribution in [3.8, 4) is 5.75 Å². The zero-order valence-electron chi connectivity index (χ0n) is 17.5. The fourth-order valence-corrected chi connectivity index (χ4v) is 3.89. The van der Waals surface area contributed by atoms with E-state index in [1.165, 1.54) is 11.0 Å². The fourth-order valence-electron chi connectivity index (χ4n) is 3.89. The summed E-state index contributed by atoms with van der Waals surface area (Å²) in [5.74, 6) is 0.535. The first kappa shape index (κ1) is 21.9. The van der Waals surface area contributed by atoms with Gasteiger partial charge in [-0.15, -0.1) is 0 Å². The first-order chi connectivity index (χ1) is 15.2. The zero-order chi connectivity index (χ0) is 22.9. The molecule has 1 saturated heterocycles. The summed E-state index contributed by atoms with van der Waals surface area (Å²) in [5, 5.41) is 0. The molecule has 1 aromatic carbocycles. The summed E-state index contributed by atoms with van der Waals surface area (Å²) < 4.78 is 43.9. The molecule has 10 heteroatoms. The highest BCUT2D eigenvalue weighted by atomic mass is 19.4. The maximum absolute atomic E-state index is 13.0. The third-order valence-corrected chi connectivity index (χ3v) is 5.61. The molecule has 2 aliphatic rings. The van der Waals surface area contributed by atoms with Gasteiger partial charge < -0.3 is 14.5 Å². The van der Waals surface area contributed by atoms with Gasteiger partial charge in [0.15, 0.2) is 6.10 Å². The SMILES string of the molecule is CC1Oc2ccccc2N(CC(=O)N2CCCN(c3ccc(C(F)(F)F)cn3)CC2)C1=O. The molecule has 1 aromatic heterocycles. The largest absolute Gasteiger partial charge is 0.479 e. The summed E-state index contributed by atoms with van der Waals surface area (Å²) in [6.45, 7) is 3.44. The first-order valence-corrected chi connectivity index (χ1v) is 10.4. The average molecular weight is 448 g/mol. The number of nitrogens with zero attached hydrogens (tertiary/aromatic N) is 4. The molecule has 32 heavy (non-hydrogen) atoms. The number of hydrogen-bond donors (Lipinski definition) is 0. The van der Waals surface area contributed by atoms with E-state index >= 15 is 0 Å². The second-order valence-electron chi connectivity index (χ2n) is 7.78. The van der Waals surface area contributed by atoms with Gasteiger partial charge in [-0.1, -0.05) is 12.1 Å². The van der Waals surface area contributed by atoms with E-state index in [9.17, 15) is 22.8 Å². The smallest absolute Gasteiger partial charge is 0.417 e. The summed E-state index contributed by atoms with van der Waals surface area (Å²) in [6, 6.07) is 9.46. The van der Waals surface area contributed by atoms with E-state index < -0.39 is 17.8 Å². The van der Waals surface area contributed by atoms with Crippen molar-refractivity contribution in [2.75, 3.05) is 42.5 Å². The summed E-state index contributed by atoms with van der Waals surface area (Å²) in [7, 11) is 0. The van der Waals surface area contributed by atoms with Crippen molar-refractivity contribution in [2.24, 2.45) is 0 Å². The number of anilines is 2. The number of fused-ring (bicyclic) bond motifs is 1. The Bertz CT molecular complexity index is 997. The van der Waals surface area contributed by atoms with Gasteiger partial charge in [-0.3, -0.25) is 14.5 Å². The standard InChI is InChI=1S/C22H23F3N4O3/c1-15-21(31)29(17-5-2-3-6-18(17)32-15)14-20(30)28-10-4-9-27(11-12-28)19-8-7-16(13-26-19)22(23,24)25/h2-3,5-8,13,15H,4,9-12,14H2,1H3. The van der Waals surface area contributed by atoms with E-state index in [1.807, 2.05) is 4.90 Å². The molecule has 0 N–H and O–H groups in total. The van der Waals surface area contributed by atoms with Crippen LogP contribution in [-0.4, -0.2) is 60.5 Å². The summed E-state index contributed by atoms with van der Waals surface area (Å²) in [4.78, 5) is 34.6. The lowest BCUT2D eigenvalue weighted by atomic mass is 10.2. The molecule has 2 aromatic rings. The highest BCUT2D eigenvalue weighted by molar-refractivity contribution is 6.03. The van der Waals surface area contributed by atoms with E-state index in [1.54, 1.807) is 36.1 Å². The molecule has 2 amide bonds. The maximum Gasteiger partial charge on any atom is 0.417 e. The lowest BCUT2D eigenvalue weighted by Crippen LogP contribution is -2.50. The van der Waals surface area contributed by atoms with E-state index in [0.717, 1.165) is 12.3 Å². The number of aromatic nitrogens is 1. The number of carbonyl (C=O) groups is 2. The van der Waals surface area contributed by atoms with Crippen molar-refractivity contribution in [1.82, 2.24) is 9.88 Å². The van der Waals surface area contributed by atoms with Gasteiger partial charge in [0.1, 0.15) is 18.1 Å². The topological polar surface area (TPSA) is 66.0 Å². The monoisotopic (exact) mass is 448 g/mol. The molecule has 0 saturated carbocycles. The third kappa shape index (κ3) is 4.49. The Labute approximate surface area is 183 Å². The molecule has 0 aliphatic carbocycles. The summed E-state index contributed by atoms with van der Waals surface area (Å²) in [5.41, 5.74) is -0.230. The van der Waals surface area contributed by atoms with E-state index in [4.69, 9.17) is 4.74 Å². The highest BCUT2D eigenvalue weighted by Gasteiger charge is 2.34. The minimum atomic E-state index is -4.43. The maximum atomic E-state index is 13.0. The molecule has 0 spiro atoms. The number of rotatable bonds is 3. The number of halogens is 3. The average Bonchev–Trinajstić information content (AvgIpc) is 3.03. The number of alkyl halides is 3. The molecule has 0 bridgehead atoms. The van der Waals surface area contributed by atoms with E-state index in [0.29, 0.717) is 49.9 Å². The normalized spacial score (nSPS) is 19.3. The molecular weight excluding hydrogens is 425 g/mol. The van der Waals surface area contributed by atoms with Crippen molar-refractivity contribution in [3.63, 3.8) is 0 Å². The van der Waals surface area contributed by atoms with Crippen LogP contribution in [0.15, 0.2) is 42.6 Å². The van der Waals surface area contributed by atoms with Crippen LogP contribution in [0.3, 0.4) is 0 Å². The van der Waals surface area contributed by atoms with E-state index in [-0.39, 0.29) is 18.4 Å². The second-order valence-corrected chi connectivity index (χ2v) is 7.78. The highest BCUT2D eigenvalue weighted by Crippen LogP contribution is 2.33. The molecule has 2 aliphatic heterocycles. The van der Waals surface area contributed by atoms with Gasteiger partial charge in [-0.25, -0.2) is 4.98 Å². The number of hydrogen-bond acceptors (Lipinski definition) is 5. The molecule has 1 unspecified atom stereocenters. The number of amides is 2. The molecule has 1 fully saturated rings. The number of carbonyl (C=O) groups excluding carboxylic acids is 2.